The Balaban J connectivity index is 2.46. The number of nitrogens with one attached hydrogen (secondary N) is 1. The third-order valence-electron chi connectivity index (χ3n) is 2.24. The summed E-state index contributed by atoms with van der Waals surface area (Å²) in [6, 6.07) is 8.17. The number of benzene rings is 1. The number of hydrogen-bond acceptors (Lipinski definition) is 3. The molecule has 84 valence electrons. The molecular formula is C11H16BrNO2. The number of rotatable bonds is 5. The van der Waals surface area contributed by atoms with E-state index >= 15 is 0 Å². The fourth-order valence-electron chi connectivity index (χ4n) is 1.25. The zero-order chi connectivity index (χ0) is 11.3. The minimum absolute atomic E-state index is 0.166. The molecule has 0 fully saturated rings. The molecule has 3 N–H and O–H groups in total. The van der Waals surface area contributed by atoms with Gasteiger partial charge in [0, 0.05) is 17.1 Å². The van der Waals surface area contributed by atoms with Crippen molar-refractivity contribution in [3.63, 3.8) is 0 Å². The Bertz CT molecular complexity index is 289. The van der Waals surface area contributed by atoms with Gasteiger partial charge in [-0.05, 0) is 24.6 Å². The van der Waals surface area contributed by atoms with E-state index in [2.05, 4.69) is 21.2 Å². The van der Waals surface area contributed by atoms with Crippen LogP contribution < -0.4 is 5.32 Å². The average Bonchev–Trinajstić information content (AvgIpc) is 2.26. The van der Waals surface area contributed by atoms with E-state index in [1.807, 2.05) is 31.2 Å². The Hall–Kier alpha value is -0.420. The summed E-state index contributed by atoms with van der Waals surface area (Å²) in [7, 11) is 0. The van der Waals surface area contributed by atoms with Gasteiger partial charge in [0.1, 0.15) is 0 Å². The van der Waals surface area contributed by atoms with E-state index < -0.39 is 6.10 Å². The highest BCUT2D eigenvalue weighted by Gasteiger charge is 2.07. The van der Waals surface area contributed by atoms with Crippen LogP contribution in [0.15, 0.2) is 28.7 Å². The minimum atomic E-state index is -0.692. The molecule has 15 heavy (non-hydrogen) atoms. The molecule has 0 aliphatic heterocycles. The average molecular weight is 274 g/mol. The Labute approximate surface area is 98.3 Å². The SMILES string of the molecule is C[C@H](NCC(O)CO)c1ccc(Br)cc1. The summed E-state index contributed by atoms with van der Waals surface area (Å²) in [5, 5.41) is 21.0. The fourth-order valence-corrected chi connectivity index (χ4v) is 1.51. The first-order chi connectivity index (χ1) is 7.13. The molecule has 0 bridgehead atoms. The summed E-state index contributed by atoms with van der Waals surface area (Å²) in [5.74, 6) is 0. The van der Waals surface area contributed by atoms with Gasteiger partial charge in [0.05, 0.1) is 12.7 Å². The van der Waals surface area contributed by atoms with Crippen molar-refractivity contribution in [2.24, 2.45) is 0 Å². The molecule has 0 aliphatic carbocycles. The lowest BCUT2D eigenvalue weighted by Gasteiger charge is -2.16. The van der Waals surface area contributed by atoms with Crippen molar-refractivity contribution in [1.29, 1.82) is 0 Å². The Morgan fingerprint density at radius 1 is 1.33 bits per heavy atom. The summed E-state index contributed by atoms with van der Waals surface area (Å²) < 4.78 is 1.05. The molecule has 0 spiro atoms. The molecule has 4 heteroatoms. The summed E-state index contributed by atoms with van der Waals surface area (Å²) in [4.78, 5) is 0. The molecule has 0 radical (unpaired) electrons. The lowest BCUT2D eigenvalue weighted by molar-refractivity contribution is 0.0924. The maximum atomic E-state index is 9.18. The van der Waals surface area contributed by atoms with Crippen molar-refractivity contribution >= 4 is 15.9 Å². The Kier molecular flexibility index (Phi) is 5.25. The second-order valence-electron chi connectivity index (χ2n) is 3.52. The van der Waals surface area contributed by atoms with Crippen LogP contribution in [0.5, 0.6) is 0 Å². The number of aliphatic hydroxyl groups is 2. The van der Waals surface area contributed by atoms with Crippen LogP contribution in [-0.4, -0.2) is 29.5 Å². The van der Waals surface area contributed by atoms with Crippen LogP contribution in [0.25, 0.3) is 0 Å². The maximum absolute atomic E-state index is 9.18. The molecule has 0 heterocycles. The van der Waals surface area contributed by atoms with Gasteiger partial charge in [0.15, 0.2) is 0 Å². The Morgan fingerprint density at radius 3 is 2.47 bits per heavy atom. The normalized spacial score (nSPS) is 14.9. The molecule has 0 saturated heterocycles. The molecule has 1 unspecified atom stereocenters. The summed E-state index contributed by atoms with van der Waals surface area (Å²) in [5.41, 5.74) is 1.16. The zero-order valence-corrected chi connectivity index (χ0v) is 10.2. The van der Waals surface area contributed by atoms with Crippen LogP contribution >= 0.6 is 15.9 Å². The largest absolute Gasteiger partial charge is 0.394 e. The van der Waals surface area contributed by atoms with E-state index in [1.54, 1.807) is 0 Å². The van der Waals surface area contributed by atoms with Crippen LogP contribution in [0.4, 0.5) is 0 Å². The van der Waals surface area contributed by atoms with Gasteiger partial charge in [-0.2, -0.15) is 0 Å². The predicted molar refractivity (Wildman–Crippen MR) is 63.7 cm³/mol. The smallest absolute Gasteiger partial charge is 0.0895 e. The number of hydrogen-bond donors (Lipinski definition) is 3. The highest BCUT2D eigenvalue weighted by Crippen LogP contribution is 2.16. The van der Waals surface area contributed by atoms with E-state index in [0.29, 0.717) is 6.54 Å². The highest BCUT2D eigenvalue weighted by atomic mass is 79.9. The summed E-state index contributed by atoms with van der Waals surface area (Å²) in [6.07, 6.45) is -0.692. The molecule has 1 aromatic rings. The minimum Gasteiger partial charge on any atom is -0.394 e. The first-order valence-electron chi connectivity index (χ1n) is 4.91. The maximum Gasteiger partial charge on any atom is 0.0895 e. The van der Waals surface area contributed by atoms with Gasteiger partial charge in [-0.3, -0.25) is 0 Å². The van der Waals surface area contributed by atoms with Gasteiger partial charge in [-0.1, -0.05) is 28.1 Å². The second-order valence-corrected chi connectivity index (χ2v) is 4.43. The standard InChI is InChI=1S/C11H16BrNO2/c1-8(13-6-11(15)7-14)9-2-4-10(12)5-3-9/h2-5,8,11,13-15H,6-7H2,1H3/t8-,11?/m0/s1. The van der Waals surface area contributed by atoms with Gasteiger partial charge in [-0.25, -0.2) is 0 Å². The third-order valence-corrected chi connectivity index (χ3v) is 2.77. The van der Waals surface area contributed by atoms with Crippen LogP contribution in [0.3, 0.4) is 0 Å². The van der Waals surface area contributed by atoms with Crippen molar-refractivity contribution in [2.45, 2.75) is 19.1 Å². The summed E-state index contributed by atoms with van der Waals surface area (Å²) >= 11 is 3.37. The lowest BCUT2D eigenvalue weighted by atomic mass is 10.1. The molecule has 3 nitrogen and oxygen atoms in total. The predicted octanol–water partition coefficient (Wildman–Crippen LogP) is 1.45. The van der Waals surface area contributed by atoms with Gasteiger partial charge >= 0.3 is 0 Å². The van der Waals surface area contributed by atoms with Crippen molar-refractivity contribution in [3.8, 4) is 0 Å². The third kappa shape index (κ3) is 4.30. The van der Waals surface area contributed by atoms with Crippen LogP contribution in [0.2, 0.25) is 0 Å². The molecule has 1 rings (SSSR count). The number of aliphatic hydroxyl groups excluding tert-OH is 2. The second kappa shape index (κ2) is 6.23. The highest BCUT2D eigenvalue weighted by molar-refractivity contribution is 9.10. The molecule has 0 saturated carbocycles. The number of halogens is 1. The molecule has 2 atom stereocenters. The topological polar surface area (TPSA) is 52.5 Å². The molecule has 0 aromatic heterocycles. The van der Waals surface area contributed by atoms with Crippen LogP contribution in [0, 0.1) is 0 Å². The van der Waals surface area contributed by atoms with Gasteiger partial charge < -0.3 is 15.5 Å². The first-order valence-corrected chi connectivity index (χ1v) is 5.70. The molecule has 0 amide bonds. The van der Waals surface area contributed by atoms with E-state index in [1.165, 1.54) is 0 Å². The van der Waals surface area contributed by atoms with Crippen molar-refractivity contribution in [1.82, 2.24) is 5.32 Å². The van der Waals surface area contributed by atoms with Gasteiger partial charge in [-0.15, -0.1) is 0 Å². The van der Waals surface area contributed by atoms with E-state index in [9.17, 15) is 5.11 Å². The summed E-state index contributed by atoms with van der Waals surface area (Å²) in [6.45, 7) is 2.21. The molecular weight excluding hydrogens is 258 g/mol. The van der Waals surface area contributed by atoms with E-state index in [4.69, 9.17) is 5.11 Å². The van der Waals surface area contributed by atoms with E-state index in [0.717, 1.165) is 10.0 Å². The Morgan fingerprint density at radius 2 is 1.93 bits per heavy atom. The van der Waals surface area contributed by atoms with Crippen LogP contribution in [0.1, 0.15) is 18.5 Å². The van der Waals surface area contributed by atoms with Crippen molar-refractivity contribution in [3.05, 3.63) is 34.3 Å². The molecule has 1 aromatic carbocycles. The zero-order valence-electron chi connectivity index (χ0n) is 8.65. The van der Waals surface area contributed by atoms with Crippen molar-refractivity contribution in [2.75, 3.05) is 13.2 Å². The molecule has 0 aliphatic rings. The first kappa shape index (κ1) is 12.6. The van der Waals surface area contributed by atoms with Crippen molar-refractivity contribution < 1.29 is 10.2 Å². The van der Waals surface area contributed by atoms with Gasteiger partial charge in [0.25, 0.3) is 0 Å². The van der Waals surface area contributed by atoms with Gasteiger partial charge in [0.2, 0.25) is 0 Å². The lowest BCUT2D eigenvalue weighted by Crippen LogP contribution is -2.31. The quantitative estimate of drug-likeness (QED) is 0.761. The van der Waals surface area contributed by atoms with Crippen LogP contribution in [-0.2, 0) is 0 Å². The van der Waals surface area contributed by atoms with E-state index in [-0.39, 0.29) is 12.6 Å². The fraction of sp³-hybridized carbons (Fsp3) is 0.455. The monoisotopic (exact) mass is 273 g/mol.